The summed E-state index contributed by atoms with van der Waals surface area (Å²) in [6, 6.07) is 8.16. The van der Waals surface area contributed by atoms with Crippen LogP contribution < -0.4 is 5.32 Å². The average Bonchev–Trinajstić information content (AvgIpc) is 3.28. The number of hydrogen-bond donors (Lipinski definition) is 1. The third-order valence-electron chi connectivity index (χ3n) is 5.82. The molecular formula is C23H24F2N4O4S. The second-order valence-electron chi connectivity index (χ2n) is 8.02. The van der Waals surface area contributed by atoms with Crippen molar-refractivity contribution in [2.45, 2.75) is 50.0 Å². The predicted octanol–water partition coefficient (Wildman–Crippen LogP) is 4.61. The number of benzene rings is 2. The van der Waals surface area contributed by atoms with Crippen LogP contribution in [0.1, 0.15) is 49.4 Å². The molecule has 1 aliphatic carbocycles. The first-order valence-electron chi connectivity index (χ1n) is 11.0. The molecule has 0 radical (unpaired) electrons. The quantitative estimate of drug-likeness (QED) is 0.519. The maximum absolute atomic E-state index is 13.9. The molecule has 11 heteroatoms. The van der Waals surface area contributed by atoms with Gasteiger partial charge < -0.3 is 4.42 Å². The molecule has 8 nitrogen and oxygen atoms in total. The van der Waals surface area contributed by atoms with Crippen LogP contribution >= 0.6 is 0 Å². The number of sulfonamides is 1. The van der Waals surface area contributed by atoms with E-state index in [1.54, 1.807) is 0 Å². The summed E-state index contributed by atoms with van der Waals surface area (Å²) in [4.78, 5) is 12.7. The molecule has 0 saturated heterocycles. The molecule has 1 saturated carbocycles. The fraction of sp³-hybridized carbons (Fsp3) is 0.348. The van der Waals surface area contributed by atoms with Gasteiger partial charge in [0.1, 0.15) is 11.6 Å². The summed E-state index contributed by atoms with van der Waals surface area (Å²) in [7, 11) is -3.69. The summed E-state index contributed by atoms with van der Waals surface area (Å²) >= 11 is 0. The Hall–Kier alpha value is -3.18. The maximum Gasteiger partial charge on any atom is 0.322 e. The molecule has 2 aromatic carbocycles. The highest BCUT2D eigenvalue weighted by Crippen LogP contribution is 2.28. The van der Waals surface area contributed by atoms with Gasteiger partial charge in [-0.05, 0) is 49.2 Å². The van der Waals surface area contributed by atoms with Crippen LogP contribution in [0.25, 0.3) is 11.5 Å². The Balaban J connectivity index is 1.46. The number of carbonyl (C=O) groups is 1. The summed E-state index contributed by atoms with van der Waals surface area (Å²) < 4.78 is 60.1. The SMILES string of the molecule is CCN(C1CCCCC1)S(=O)(=O)c1ccc(C(=O)Nc2nnc(-c3ccc(F)cc3F)o2)cc1. The molecule has 0 atom stereocenters. The van der Waals surface area contributed by atoms with E-state index in [0.717, 1.165) is 44.2 Å². The van der Waals surface area contributed by atoms with Gasteiger partial charge in [-0.1, -0.05) is 31.3 Å². The topological polar surface area (TPSA) is 105 Å². The van der Waals surface area contributed by atoms with E-state index in [2.05, 4.69) is 15.5 Å². The molecule has 180 valence electrons. The monoisotopic (exact) mass is 490 g/mol. The van der Waals surface area contributed by atoms with Crippen LogP contribution in [0.4, 0.5) is 14.8 Å². The van der Waals surface area contributed by atoms with Crippen molar-refractivity contribution >= 4 is 21.9 Å². The Bertz CT molecular complexity index is 1270. The predicted molar refractivity (Wildman–Crippen MR) is 120 cm³/mol. The number of hydrogen-bond acceptors (Lipinski definition) is 6. The first-order chi connectivity index (χ1) is 16.3. The van der Waals surface area contributed by atoms with Crippen LogP contribution in [-0.2, 0) is 10.0 Å². The number of halogens is 2. The fourth-order valence-corrected chi connectivity index (χ4v) is 5.82. The standard InChI is InChI=1S/C23H24F2N4O4S/c1-2-29(17-6-4-3-5-7-17)34(31,32)18-11-8-15(9-12-18)21(30)26-23-28-27-22(33-23)19-13-10-16(24)14-20(19)25/h8-14,17H,2-7H2,1H3,(H,26,28,30). The Morgan fingerprint density at radius 2 is 1.79 bits per heavy atom. The second kappa shape index (κ2) is 9.98. The molecule has 0 unspecified atom stereocenters. The molecule has 0 spiro atoms. The van der Waals surface area contributed by atoms with E-state index in [4.69, 9.17) is 4.42 Å². The minimum absolute atomic E-state index is 0.00982. The Kier molecular flexibility index (Phi) is 7.03. The lowest BCUT2D eigenvalue weighted by Gasteiger charge is -2.32. The molecule has 34 heavy (non-hydrogen) atoms. The summed E-state index contributed by atoms with van der Waals surface area (Å²) in [5.41, 5.74) is 0.0646. The molecule has 1 aromatic heterocycles. The number of nitrogens with one attached hydrogen (secondary N) is 1. The molecule has 0 aliphatic heterocycles. The van der Waals surface area contributed by atoms with Crippen molar-refractivity contribution in [1.82, 2.24) is 14.5 Å². The zero-order chi connectivity index (χ0) is 24.3. The lowest BCUT2D eigenvalue weighted by molar-refractivity contribution is 0.102. The highest BCUT2D eigenvalue weighted by atomic mass is 32.2. The van der Waals surface area contributed by atoms with Gasteiger partial charge in [0.05, 0.1) is 10.5 Å². The first-order valence-corrected chi connectivity index (χ1v) is 12.5. The van der Waals surface area contributed by atoms with Crippen LogP contribution in [0, 0.1) is 11.6 Å². The van der Waals surface area contributed by atoms with Crippen molar-refractivity contribution < 1.29 is 26.4 Å². The van der Waals surface area contributed by atoms with E-state index in [-0.39, 0.29) is 34.0 Å². The smallest absolute Gasteiger partial charge is 0.322 e. The van der Waals surface area contributed by atoms with Crippen LogP contribution in [0.5, 0.6) is 0 Å². The number of aromatic nitrogens is 2. The van der Waals surface area contributed by atoms with Crippen LogP contribution in [0.15, 0.2) is 51.8 Å². The highest BCUT2D eigenvalue weighted by Gasteiger charge is 2.31. The lowest BCUT2D eigenvalue weighted by atomic mass is 9.95. The Morgan fingerprint density at radius 3 is 2.44 bits per heavy atom. The third kappa shape index (κ3) is 5.00. The van der Waals surface area contributed by atoms with Crippen LogP contribution in [-0.4, -0.2) is 41.4 Å². The highest BCUT2D eigenvalue weighted by molar-refractivity contribution is 7.89. The zero-order valence-corrected chi connectivity index (χ0v) is 19.3. The first kappa shape index (κ1) is 24.0. The second-order valence-corrected chi connectivity index (χ2v) is 9.91. The average molecular weight is 491 g/mol. The largest absolute Gasteiger partial charge is 0.403 e. The number of amides is 1. The molecule has 1 amide bonds. The zero-order valence-electron chi connectivity index (χ0n) is 18.5. The molecule has 0 bridgehead atoms. The fourth-order valence-electron chi connectivity index (χ4n) is 4.12. The Morgan fingerprint density at radius 1 is 1.09 bits per heavy atom. The van der Waals surface area contributed by atoms with Crippen molar-refractivity contribution in [2.24, 2.45) is 0 Å². The van der Waals surface area contributed by atoms with Crippen molar-refractivity contribution in [1.29, 1.82) is 0 Å². The van der Waals surface area contributed by atoms with Gasteiger partial charge in [-0.15, -0.1) is 5.10 Å². The van der Waals surface area contributed by atoms with Crippen molar-refractivity contribution in [3.8, 4) is 11.5 Å². The molecule has 1 heterocycles. The van der Waals surface area contributed by atoms with E-state index >= 15 is 0 Å². The van der Waals surface area contributed by atoms with Gasteiger partial charge in [0.2, 0.25) is 10.0 Å². The van der Waals surface area contributed by atoms with Crippen molar-refractivity contribution in [3.63, 3.8) is 0 Å². The van der Waals surface area contributed by atoms with Gasteiger partial charge in [0.15, 0.2) is 0 Å². The van der Waals surface area contributed by atoms with Crippen LogP contribution in [0.3, 0.4) is 0 Å². The third-order valence-corrected chi connectivity index (χ3v) is 7.87. The molecule has 4 rings (SSSR count). The summed E-state index contributed by atoms with van der Waals surface area (Å²) in [5.74, 6) is -2.47. The summed E-state index contributed by atoms with van der Waals surface area (Å²) in [5, 5.41) is 9.70. The van der Waals surface area contributed by atoms with E-state index in [1.165, 1.54) is 28.6 Å². The number of rotatable bonds is 7. The van der Waals surface area contributed by atoms with Gasteiger partial charge in [-0.2, -0.15) is 4.31 Å². The molecule has 1 aliphatic rings. The van der Waals surface area contributed by atoms with Gasteiger partial charge in [-0.3, -0.25) is 10.1 Å². The maximum atomic E-state index is 13.9. The van der Waals surface area contributed by atoms with E-state index in [1.807, 2.05) is 6.92 Å². The summed E-state index contributed by atoms with van der Waals surface area (Å²) in [6.07, 6.45) is 4.85. The Labute approximate surface area is 196 Å². The van der Waals surface area contributed by atoms with Gasteiger partial charge in [0, 0.05) is 24.2 Å². The van der Waals surface area contributed by atoms with E-state index < -0.39 is 27.6 Å². The lowest BCUT2D eigenvalue weighted by Crippen LogP contribution is -2.41. The minimum Gasteiger partial charge on any atom is -0.403 e. The minimum atomic E-state index is -3.69. The number of anilines is 1. The van der Waals surface area contributed by atoms with E-state index in [9.17, 15) is 22.0 Å². The van der Waals surface area contributed by atoms with Gasteiger partial charge >= 0.3 is 6.01 Å². The van der Waals surface area contributed by atoms with Gasteiger partial charge in [0.25, 0.3) is 11.8 Å². The van der Waals surface area contributed by atoms with Crippen molar-refractivity contribution in [2.75, 3.05) is 11.9 Å². The molecule has 1 N–H and O–H groups in total. The van der Waals surface area contributed by atoms with Crippen molar-refractivity contribution in [3.05, 3.63) is 59.7 Å². The molecule has 1 fully saturated rings. The van der Waals surface area contributed by atoms with Gasteiger partial charge in [-0.25, -0.2) is 17.2 Å². The number of carbonyl (C=O) groups excluding carboxylic acids is 1. The normalized spacial score (nSPS) is 14.9. The number of nitrogens with zero attached hydrogens (tertiary/aromatic N) is 3. The summed E-state index contributed by atoms with van der Waals surface area (Å²) in [6.45, 7) is 2.20. The van der Waals surface area contributed by atoms with Crippen LogP contribution in [0.2, 0.25) is 0 Å². The molecular weight excluding hydrogens is 466 g/mol. The van der Waals surface area contributed by atoms with E-state index in [0.29, 0.717) is 12.6 Å². The molecule has 3 aromatic rings.